The Morgan fingerprint density at radius 1 is 0.868 bits per heavy atom. The van der Waals surface area contributed by atoms with E-state index < -0.39 is 28.5 Å². The Morgan fingerprint density at radius 3 is 2.00 bits per heavy atom. The lowest BCUT2D eigenvalue weighted by Crippen LogP contribution is -2.53. The highest BCUT2D eigenvalue weighted by atomic mass is 79.9. The average Bonchev–Trinajstić information content (AvgIpc) is 2.93. The molecule has 7 nitrogen and oxygen atoms in total. The molecule has 0 saturated carbocycles. The van der Waals surface area contributed by atoms with Crippen molar-refractivity contribution < 1.29 is 18.0 Å². The van der Waals surface area contributed by atoms with Crippen molar-refractivity contribution in [3.63, 3.8) is 0 Å². The number of rotatable bonds is 12. The highest BCUT2D eigenvalue weighted by Gasteiger charge is 2.33. The van der Waals surface area contributed by atoms with Crippen LogP contribution in [0.5, 0.6) is 0 Å². The van der Waals surface area contributed by atoms with Gasteiger partial charge in [-0.15, -0.1) is 0 Å². The van der Waals surface area contributed by atoms with E-state index in [4.69, 9.17) is 0 Å². The van der Waals surface area contributed by atoms with E-state index in [1.54, 1.807) is 42.5 Å². The molecule has 0 heterocycles. The first-order chi connectivity index (χ1) is 18.2. The fourth-order valence-corrected chi connectivity index (χ4v) is 5.70. The maximum Gasteiger partial charge on any atom is 0.264 e. The smallest absolute Gasteiger partial charge is 0.264 e. The van der Waals surface area contributed by atoms with Crippen LogP contribution in [0.4, 0.5) is 5.69 Å². The van der Waals surface area contributed by atoms with Gasteiger partial charge >= 0.3 is 0 Å². The summed E-state index contributed by atoms with van der Waals surface area (Å²) >= 11 is 3.38. The highest BCUT2D eigenvalue weighted by molar-refractivity contribution is 9.10. The van der Waals surface area contributed by atoms with Crippen LogP contribution in [0, 0.1) is 0 Å². The molecule has 2 atom stereocenters. The Bertz CT molecular complexity index is 1300. The first kappa shape index (κ1) is 29.4. The zero-order valence-electron chi connectivity index (χ0n) is 21.9. The van der Waals surface area contributed by atoms with Crippen molar-refractivity contribution in [2.24, 2.45) is 0 Å². The molecule has 0 bridgehead atoms. The first-order valence-corrected chi connectivity index (χ1v) is 14.9. The van der Waals surface area contributed by atoms with Gasteiger partial charge in [-0.05, 0) is 61.7 Å². The molecule has 38 heavy (non-hydrogen) atoms. The Balaban J connectivity index is 2.02. The van der Waals surface area contributed by atoms with E-state index in [0.29, 0.717) is 12.1 Å². The minimum Gasteiger partial charge on any atom is -0.352 e. The van der Waals surface area contributed by atoms with Crippen LogP contribution in [0.25, 0.3) is 0 Å². The molecule has 0 aliphatic rings. The summed E-state index contributed by atoms with van der Waals surface area (Å²) in [4.78, 5) is 28.8. The number of hydrogen-bond acceptors (Lipinski definition) is 4. The van der Waals surface area contributed by atoms with Gasteiger partial charge < -0.3 is 10.2 Å². The minimum atomic E-state index is -4.07. The SMILES string of the molecule is CC[C@H](C(=O)N[C@@H](C)CC)N(Cc1ccccc1)C(=O)CN(c1ccc(Br)cc1)S(=O)(=O)c1ccccc1. The molecule has 0 spiro atoms. The van der Waals surface area contributed by atoms with Crippen LogP contribution in [-0.4, -0.2) is 43.8 Å². The summed E-state index contributed by atoms with van der Waals surface area (Å²) in [6.45, 7) is 5.45. The van der Waals surface area contributed by atoms with Crippen LogP contribution in [-0.2, 0) is 26.2 Å². The van der Waals surface area contributed by atoms with Crippen LogP contribution >= 0.6 is 15.9 Å². The number of nitrogens with zero attached hydrogens (tertiary/aromatic N) is 2. The average molecular weight is 601 g/mol. The van der Waals surface area contributed by atoms with Crippen LogP contribution < -0.4 is 9.62 Å². The second-order valence-corrected chi connectivity index (χ2v) is 11.8. The maximum absolute atomic E-state index is 14.0. The first-order valence-electron chi connectivity index (χ1n) is 12.6. The molecule has 0 radical (unpaired) electrons. The van der Waals surface area contributed by atoms with Gasteiger partial charge in [-0.3, -0.25) is 13.9 Å². The van der Waals surface area contributed by atoms with Crippen LogP contribution in [0.2, 0.25) is 0 Å². The number of halogens is 1. The second-order valence-electron chi connectivity index (χ2n) is 9.05. The largest absolute Gasteiger partial charge is 0.352 e. The Morgan fingerprint density at radius 2 is 1.45 bits per heavy atom. The third-order valence-corrected chi connectivity index (χ3v) is 8.62. The monoisotopic (exact) mass is 599 g/mol. The van der Waals surface area contributed by atoms with Crippen molar-refractivity contribution in [1.29, 1.82) is 0 Å². The zero-order chi connectivity index (χ0) is 27.7. The molecule has 3 rings (SSSR count). The van der Waals surface area contributed by atoms with E-state index in [-0.39, 0.29) is 23.4 Å². The Hall–Kier alpha value is -3.17. The van der Waals surface area contributed by atoms with Gasteiger partial charge in [0, 0.05) is 17.1 Å². The number of hydrogen-bond donors (Lipinski definition) is 1. The Labute approximate surface area is 234 Å². The number of amides is 2. The standard InChI is InChI=1S/C29H34BrN3O4S/c1-4-22(3)31-29(35)27(5-2)32(20-23-12-8-6-9-13-23)28(34)21-33(25-18-16-24(30)17-19-25)38(36,37)26-14-10-7-11-15-26/h6-19,22,27H,4-5,20-21H2,1-3H3,(H,31,35)/t22-,27+/m0/s1. The van der Waals surface area contributed by atoms with Crippen molar-refractivity contribution in [3.05, 3.63) is 95.0 Å². The van der Waals surface area contributed by atoms with E-state index in [9.17, 15) is 18.0 Å². The molecule has 3 aromatic carbocycles. The van der Waals surface area contributed by atoms with E-state index in [2.05, 4.69) is 21.2 Å². The molecule has 0 aliphatic carbocycles. The predicted molar refractivity (Wildman–Crippen MR) is 154 cm³/mol. The Kier molecular flexibility index (Phi) is 10.5. The minimum absolute atomic E-state index is 0.0528. The van der Waals surface area contributed by atoms with Gasteiger partial charge in [0.2, 0.25) is 11.8 Å². The van der Waals surface area contributed by atoms with Gasteiger partial charge in [-0.25, -0.2) is 8.42 Å². The van der Waals surface area contributed by atoms with Crippen molar-refractivity contribution in [2.75, 3.05) is 10.8 Å². The van der Waals surface area contributed by atoms with Crippen molar-refractivity contribution >= 4 is 43.5 Å². The van der Waals surface area contributed by atoms with Gasteiger partial charge in [0.25, 0.3) is 10.0 Å². The molecule has 0 aromatic heterocycles. The van der Waals surface area contributed by atoms with E-state index in [1.165, 1.54) is 17.0 Å². The number of carbonyl (C=O) groups excluding carboxylic acids is 2. The number of sulfonamides is 1. The summed E-state index contributed by atoms with van der Waals surface area (Å²) in [6.07, 6.45) is 1.13. The summed E-state index contributed by atoms with van der Waals surface area (Å²) in [6, 6.07) is 23.3. The van der Waals surface area contributed by atoms with E-state index in [0.717, 1.165) is 20.8 Å². The lowest BCUT2D eigenvalue weighted by atomic mass is 10.1. The number of benzene rings is 3. The molecule has 0 aliphatic heterocycles. The molecule has 0 unspecified atom stereocenters. The van der Waals surface area contributed by atoms with Crippen molar-refractivity contribution in [1.82, 2.24) is 10.2 Å². The third-order valence-electron chi connectivity index (χ3n) is 6.31. The normalized spacial score (nSPS) is 12.8. The second kappa shape index (κ2) is 13.6. The molecule has 3 aromatic rings. The van der Waals surface area contributed by atoms with Gasteiger partial charge in [0.1, 0.15) is 12.6 Å². The summed E-state index contributed by atoms with van der Waals surface area (Å²) in [5.74, 6) is -0.727. The quantitative estimate of drug-likeness (QED) is 0.303. The highest BCUT2D eigenvalue weighted by Crippen LogP contribution is 2.26. The zero-order valence-corrected chi connectivity index (χ0v) is 24.3. The van der Waals surface area contributed by atoms with Crippen molar-refractivity contribution in [2.45, 2.75) is 57.1 Å². The van der Waals surface area contributed by atoms with Crippen LogP contribution in [0.1, 0.15) is 39.2 Å². The molecule has 2 amide bonds. The maximum atomic E-state index is 14.0. The topological polar surface area (TPSA) is 86.8 Å². The van der Waals surface area contributed by atoms with E-state index in [1.807, 2.05) is 51.1 Å². The summed E-state index contributed by atoms with van der Waals surface area (Å²) < 4.78 is 29.4. The molecule has 9 heteroatoms. The van der Waals surface area contributed by atoms with Gasteiger partial charge in [0.05, 0.1) is 10.6 Å². The predicted octanol–water partition coefficient (Wildman–Crippen LogP) is 5.37. The molecular weight excluding hydrogens is 566 g/mol. The summed E-state index contributed by atoms with van der Waals surface area (Å²) in [5.41, 5.74) is 1.19. The van der Waals surface area contributed by atoms with Crippen molar-refractivity contribution in [3.8, 4) is 0 Å². The summed E-state index contributed by atoms with van der Waals surface area (Å²) in [7, 11) is -4.07. The van der Waals surface area contributed by atoms with Crippen LogP contribution in [0.3, 0.4) is 0 Å². The van der Waals surface area contributed by atoms with E-state index >= 15 is 0 Å². The van der Waals surface area contributed by atoms with Gasteiger partial charge in [0.15, 0.2) is 0 Å². The number of carbonyl (C=O) groups is 2. The molecular formula is C29H34BrN3O4S. The molecule has 0 saturated heterocycles. The molecule has 202 valence electrons. The lowest BCUT2D eigenvalue weighted by molar-refractivity contribution is -0.140. The third kappa shape index (κ3) is 7.45. The molecule has 1 N–H and O–H groups in total. The van der Waals surface area contributed by atoms with Gasteiger partial charge in [-0.1, -0.05) is 78.3 Å². The lowest BCUT2D eigenvalue weighted by Gasteiger charge is -2.33. The van der Waals surface area contributed by atoms with Gasteiger partial charge in [-0.2, -0.15) is 0 Å². The number of anilines is 1. The number of nitrogens with one attached hydrogen (secondary N) is 1. The van der Waals surface area contributed by atoms with Crippen LogP contribution in [0.15, 0.2) is 94.3 Å². The fourth-order valence-electron chi connectivity index (χ4n) is 4.00. The fraction of sp³-hybridized carbons (Fsp3) is 0.310. The molecule has 0 fully saturated rings. The summed E-state index contributed by atoms with van der Waals surface area (Å²) in [5, 5.41) is 2.98.